The highest BCUT2D eigenvalue weighted by Gasteiger charge is 2.14. The molecule has 3 rings (SSSR count). The number of hydrogen-bond acceptors (Lipinski definition) is 5. The summed E-state index contributed by atoms with van der Waals surface area (Å²) in [5.74, 6) is 2.01. The first-order valence-electron chi connectivity index (χ1n) is 10.9. The van der Waals surface area contributed by atoms with E-state index in [1.54, 1.807) is 18.2 Å². The molecule has 1 unspecified atom stereocenters. The third-order valence-corrected chi connectivity index (χ3v) is 4.83. The number of carbonyl (C=O) groups excluding carboxylic acids is 1. The second-order valence-electron chi connectivity index (χ2n) is 7.37. The van der Waals surface area contributed by atoms with Gasteiger partial charge in [-0.2, -0.15) is 0 Å². The van der Waals surface area contributed by atoms with Crippen LogP contribution in [0.5, 0.6) is 17.2 Å². The Labute approximate surface area is 189 Å². The Morgan fingerprint density at radius 3 is 2.16 bits per heavy atom. The summed E-state index contributed by atoms with van der Waals surface area (Å²) in [6.45, 7) is 9.10. The van der Waals surface area contributed by atoms with Gasteiger partial charge in [0.15, 0.2) is 0 Å². The van der Waals surface area contributed by atoms with E-state index >= 15 is 0 Å². The van der Waals surface area contributed by atoms with Crippen LogP contribution in [-0.2, 0) is 4.74 Å². The Kier molecular flexibility index (Phi) is 8.22. The highest BCUT2D eigenvalue weighted by atomic mass is 16.5. The topological polar surface area (TPSA) is 69.7 Å². The molecule has 2 aromatic carbocycles. The molecule has 32 heavy (non-hydrogen) atoms. The third kappa shape index (κ3) is 6.31. The SMILES string of the molecule is CCCOc1ccc(Oc2ccc(NC(=O)c3ccc(C(C)OCC)nc3C)cc2)cc1. The van der Waals surface area contributed by atoms with Gasteiger partial charge in [-0.05, 0) is 87.9 Å². The fourth-order valence-corrected chi connectivity index (χ4v) is 3.15. The molecule has 0 radical (unpaired) electrons. The lowest BCUT2D eigenvalue weighted by atomic mass is 10.1. The molecule has 6 nitrogen and oxygen atoms in total. The Bertz CT molecular complexity index is 1020. The molecule has 1 atom stereocenters. The first-order valence-corrected chi connectivity index (χ1v) is 10.9. The molecule has 1 aromatic heterocycles. The van der Waals surface area contributed by atoms with E-state index in [1.807, 2.05) is 63.2 Å². The van der Waals surface area contributed by atoms with Crippen molar-refractivity contribution < 1.29 is 19.0 Å². The first kappa shape index (κ1) is 23.3. The molecule has 1 amide bonds. The number of aryl methyl sites for hydroxylation is 1. The molecule has 0 aliphatic rings. The summed E-state index contributed by atoms with van der Waals surface area (Å²) in [6, 6.07) is 18.4. The predicted molar refractivity (Wildman–Crippen MR) is 126 cm³/mol. The van der Waals surface area contributed by atoms with Gasteiger partial charge >= 0.3 is 0 Å². The van der Waals surface area contributed by atoms with Gasteiger partial charge in [-0.3, -0.25) is 9.78 Å². The van der Waals surface area contributed by atoms with E-state index in [-0.39, 0.29) is 12.0 Å². The van der Waals surface area contributed by atoms with Crippen LogP contribution in [0.4, 0.5) is 5.69 Å². The smallest absolute Gasteiger partial charge is 0.257 e. The summed E-state index contributed by atoms with van der Waals surface area (Å²) < 4.78 is 17.0. The zero-order valence-corrected chi connectivity index (χ0v) is 19.1. The van der Waals surface area contributed by atoms with E-state index in [2.05, 4.69) is 17.2 Å². The predicted octanol–water partition coefficient (Wildman–Crippen LogP) is 6.32. The molecule has 168 valence electrons. The molecular weight excluding hydrogens is 404 g/mol. The molecule has 1 N–H and O–H groups in total. The molecule has 0 fully saturated rings. The average molecular weight is 435 g/mol. The number of amides is 1. The van der Waals surface area contributed by atoms with E-state index in [4.69, 9.17) is 14.2 Å². The monoisotopic (exact) mass is 434 g/mol. The van der Waals surface area contributed by atoms with Crippen LogP contribution in [0.3, 0.4) is 0 Å². The number of nitrogens with zero attached hydrogens (tertiary/aromatic N) is 1. The Morgan fingerprint density at radius 2 is 1.56 bits per heavy atom. The van der Waals surface area contributed by atoms with Crippen LogP contribution in [0, 0.1) is 6.92 Å². The largest absolute Gasteiger partial charge is 0.494 e. The first-order chi connectivity index (χ1) is 15.5. The summed E-state index contributed by atoms with van der Waals surface area (Å²) in [6.07, 6.45) is 0.860. The highest BCUT2D eigenvalue weighted by molar-refractivity contribution is 6.05. The second kappa shape index (κ2) is 11.3. The fourth-order valence-electron chi connectivity index (χ4n) is 3.15. The van der Waals surface area contributed by atoms with E-state index in [0.717, 1.165) is 17.9 Å². The lowest BCUT2D eigenvalue weighted by Crippen LogP contribution is -2.15. The van der Waals surface area contributed by atoms with Crippen molar-refractivity contribution in [2.75, 3.05) is 18.5 Å². The fraction of sp³-hybridized carbons (Fsp3) is 0.308. The van der Waals surface area contributed by atoms with Crippen LogP contribution < -0.4 is 14.8 Å². The maximum absolute atomic E-state index is 12.7. The zero-order chi connectivity index (χ0) is 22.9. The second-order valence-corrected chi connectivity index (χ2v) is 7.37. The minimum absolute atomic E-state index is 0.108. The van der Waals surface area contributed by atoms with E-state index in [1.165, 1.54) is 0 Å². The van der Waals surface area contributed by atoms with E-state index in [0.29, 0.717) is 41.7 Å². The number of benzene rings is 2. The molecule has 0 aliphatic carbocycles. The highest BCUT2D eigenvalue weighted by Crippen LogP contribution is 2.25. The third-order valence-electron chi connectivity index (χ3n) is 4.83. The number of carbonyl (C=O) groups is 1. The number of pyridine rings is 1. The van der Waals surface area contributed by atoms with Gasteiger partial charge in [-0.15, -0.1) is 0 Å². The van der Waals surface area contributed by atoms with Crippen molar-refractivity contribution in [1.82, 2.24) is 4.98 Å². The van der Waals surface area contributed by atoms with Crippen LogP contribution in [0.2, 0.25) is 0 Å². The summed E-state index contributed by atoms with van der Waals surface area (Å²) in [7, 11) is 0. The number of rotatable bonds is 10. The van der Waals surface area contributed by atoms with Gasteiger partial charge in [-0.25, -0.2) is 0 Å². The van der Waals surface area contributed by atoms with Crippen LogP contribution in [0.15, 0.2) is 60.7 Å². The van der Waals surface area contributed by atoms with Crippen LogP contribution in [0.1, 0.15) is 55.0 Å². The normalized spacial score (nSPS) is 11.6. The van der Waals surface area contributed by atoms with Crippen molar-refractivity contribution in [3.8, 4) is 17.2 Å². The quantitative estimate of drug-likeness (QED) is 0.404. The van der Waals surface area contributed by atoms with Crippen molar-refractivity contribution in [2.24, 2.45) is 0 Å². The van der Waals surface area contributed by atoms with Gasteiger partial charge in [0.25, 0.3) is 5.91 Å². The number of aromatic nitrogens is 1. The minimum atomic E-state index is -0.207. The van der Waals surface area contributed by atoms with Gasteiger partial charge in [0.1, 0.15) is 17.2 Å². The molecule has 0 spiro atoms. The van der Waals surface area contributed by atoms with Crippen molar-refractivity contribution in [2.45, 2.75) is 40.2 Å². The van der Waals surface area contributed by atoms with E-state index < -0.39 is 0 Å². The maximum atomic E-state index is 12.7. The number of anilines is 1. The number of ether oxygens (including phenoxy) is 3. The summed E-state index contributed by atoms with van der Waals surface area (Å²) >= 11 is 0. The van der Waals surface area contributed by atoms with Gasteiger partial charge < -0.3 is 19.5 Å². The molecule has 3 aromatic rings. The molecule has 0 aliphatic heterocycles. The summed E-state index contributed by atoms with van der Waals surface area (Å²) in [5.41, 5.74) is 2.69. The van der Waals surface area contributed by atoms with Gasteiger partial charge in [0.05, 0.1) is 29.7 Å². The Hall–Kier alpha value is -3.38. The minimum Gasteiger partial charge on any atom is -0.494 e. The Balaban J connectivity index is 1.60. The lowest BCUT2D eigenvalue weighted by molar-refractivity contribution is 0.0732. The Morgan fingerprint density at radius 1 is 0.938 bits per heavy atom. The molecule has 1 heterocycles. The molecule has 0 saturated carbocycles. The zero-order valence-electron chi connectivity index (χ0n) is 19.1. The summed E-state index contributed by atoms with van der Waals surface area (Å²) in [5, 5.41) is 2.91. The van der Waals surface area contributed by atoms with Crippen LogP contribution in [0.25, 0.3) is 0 Å². The van der Waals surface area contributed by atoms with Crippen LogP contribution in [-0.4, -0.2) is 24.1 Å². The van der Waals surface area contributed by atoms with Gasteiger partial charge in [0.2, 0.25) is 0 Å². The number of nitrogens with one attached hydrogen (secondary N) is 1. The van der Waals surface area contributed by atoms with Crippen molar-refractivity contribution in [3.05, 3.63) is 77.6 Å². The molecule has 6 heteroatoms. The van der Waals surface area contributed by atoms with Gasteiger partial charge in [-0.1, -0.05) is 6.92 Å². The maximum Gasteiger partial charge on any atom is 0.257 e. The van der Waals surface area contributed by atoms with Crippen molar-refractivity contribution >= 4 is 11.6 Å². The summed E-state index contributed by atoms with van der Waals surface area (Å²) in [4.78, 5) is 17.2. The lowest BCUT2D eigenvalue weighted by Gasteiger charge is -2.13. The van der Waals surface area contributed by atoms with Gasteiger partial charge in [0, 0.05) is 12.3 Å². The van der Waals surface area contributed by atoms with Crippen LogP contribution >= 0.6 is 0 Å². The molecular formula is C26H30N2O4. The number of hydrogen-bond donors (Lipinski definition) is 1. The van der Waals surface area contributed by atoms with E-state index in [9.17, 15) is 4.79 Å². The molecule has 0 saturated heterocycles. The van der Waals surface area contributed by atoms with Crippen molar-refractivity contribution in [3.63, 3.8) is 0 Å². The van der Waals surface area contributed by atoms with Crippen molar-refractivity contribution in [1.29, 1.82) is 0 Å². The standard InChI is InChI=1S/C26H30N2O4/c1-5-17-31-21-11-13-23(14-12-21)32-22-9-7-20(8-10-22)28-26(29)24-15-16-25(27-18(24)3)19(4)30-6-2/h7-16,19H,5-6,17H2,1-4H3,(H,28,29). The molecule has 0 bridgehead atoms. The average Bonchev–Trinajstić information content (AvgIpc) is 2.80.